The molecule has 10 rings (SSSR count). The first-order valence-corrected chi connectivity index (χ1v) is 27.5. The first-order chi connectivity index (χ1) is 32.9. The van der Waals surface area contributed by atoms with Crippen molar-refractivity contribution in [3.05, 3.63) is 131 Å². The quantitative estimate of drug-likeness (QED) is 0.0487. The van der Waals surface area contributed by atoms with Crippen LogP contribution in [0, 0.1) is 0 Å². The summed E-state index contributed by atoms with van der Waals surface area (Å²) in [7, 11) is -1.11. The van der Waals surface area contributed by atoms with Crippen LogP contribution in [0.25, 0.3) is 11.3 Å². The minimum Gasteiger partial charge on any atom is -0.395 e. The van der Waals surface area contributed by atoms with Crippen LogP contribution in [0.15, 0.2) is 110 Å². The van der Waals surface area contributed by atoms with E-state index in [4.69, 9.17) is 32.9 Å². The lowest BCUT2D eigenvalue weighted by atomic mass is 9.73. The maximum Gasteiger partial charge on any atom is 0.247 e. The van der Waals surface area contributed by atoms with E-state index in [1.807, 2.05) is 79.3 Å². The number of halogens is 2. The maximum atomic E-state index is 10.3. The maximum absolute atomic E-state index is 10.3. The second-order valence-electron chi connectivity index (χ2n) is 18.9. The molecule has 2 aliphatic heterocycles. The molecule has 2 aromatic carbocycles. The van der Waals surface area contributed by atoms with Crippen LogP contribution in [0.1, 0.15) is 36.8 Å². The summed E-state index contributed by atoms with van der Waals surface area (Å²) in [5, 5.41) is 48.6. The van der Waals surface area contributed by atoms with E-state index in [9.17, 15) is 10.2 Å². The van der Waals surface area contributed by atoms with E-state index in [1.54, 1.807) is 32.3 Å². The average Bonchev–Trinajstić information content (AvgIpc) is 4.19. The molecule has 68 heavy (non-hydrogen) atoms. The molecule has 0 bridgehead atoms. The smallest absolute Gasteiger partial charge is 0.247 e. The fraction of sp³-hybridized carbons (Fsp3) is 0.375. The molecule has 8 aromatic rings. The van der Waals surface area contributed by atoms with Crippen molar-refractivity contribution in [2.75, 3.05) is 66.4 Å². The number of aliphatic hydroxyl groups excluding tert-OH is 2. The normalized spacial score (nSPS) is 15.9. The van der Waals surface area contributed by atoms with E-state index in [1.165, 1.54) is 0 Å². The molecule has 0 unspecified atom stereocenters. The van der Waals surface area contributed by atoms with Gasteiger partial charge >= 0.3 is 0 Å². The topological polar surface area (TPSA) is 187 Å². The number of piperidine rings is 2. The van der Waals surface area contributed by atoms with Crippen LogP contribution in [-0.4, -0.2) is 113 Å². The predicted molar refractivity (Wildman–Crippen MR) is 271 cm³/mol. The molecule has 17 nitrogen and oxygen atoms in total. The van der Waals surface area contributed by atoms with Crippen LogP contribution < -0.4 is 20.4 Å². The number of aliphatic hydroxyl groups is 2. The van der Waals surface area contributed by atoms with Crippen LogP contribution in [-0.2, 0) is 22.3 Å². The summed E-state index contributed by atoms with van der Waals surface area (Å²) in [5.41, 5.74) is 7.05. The number of H-pyrrole nitrogens is 1. The molecule has 0 spiro atoms. The number of hydrogen-bond donors (Lipinski definition) is 5. The van der Waals surface area contributed by atoms with Crippen molar-refractivity contribution >= 4 is 77.2 Å². The van der Waals surface area contributed by atoms with E-state index >= 15 is 0 Å². The molecular formula is C48H58Cl2N14O3Si. The highest BCUT2D eigenvalue weighted by Gasteiger charge is 2.38. The molecule has 2 aliphatic rings. The van der Waals surface area contributed by atoms with Crippen molar-refractivity contribution in [1.82, 2.24) is 49.2 Å². The molecule has 8 heterocycles. The van der Waals surface area contributed by atoms with Gasteiger partial charge < -0.3 is 35.4 Å². The Morgan fingerprint density at radius 2 is 1.19 bits per heavy atom. The Morgan fingerprint density at radius 1 is 0.691 bits per heavy atom. The number of aromatic nitrogens is 10. The molecule has 2 fully saturated rings. The summed E-state index contributed by atoms with van der Waals surface area (Å²) >= 11 is 12.1. The highest BCUT2D eigenvalue weighted by atomic mass is 35.5. The Hall–Kier alpha value is -6.02. The lowest BCUT2D eigenvalue weighted by Crippen LogP contribution is -2.45. The number of benzene rings is 2. The van der Waals surface area contributed by atoms with Crippen LogP contribution >= 0.6 is 23.2 Å². The zero-order chi connectivity index (χ0) is 47.3. The third kappa shape index (κ3) is 10.6. The first kappa shape index (κ1) is 47.1. The van der Waals surface area contributed by atoms with Crippen LogP contribution in [0.3, 0.4) is 0 Å². The van der Waals surface area contributed by atoms with Gasteiger partial charge in [0.25, 0.3) is 0 Å². The average molecular weight is 978 g/mol. The summed E-state index contributed by atoms with van der Waals surface area (Å²) < 4.78 is 11.1. The fourth-order valence-electron chi connectivity index (χ4n) is 9.03. The lowest BCUT2D eigenvalue weighted by Gasteiger charge is -2.42. The Labute approximate surface area is 406 Å². The van der Waals surface area contributed by atoms with Crippen LogP contribution in [0.5, 0.6) is 0 Å². The highest BCUT2D eigenvalue weighted by molar-refractivity contribution is 6.76. The number of ether oxygens (including phenoxy) is 1. The minimum atomic E-state index is -1.11. The number of pyridine rings is 2. The summed E-state index contributed by atoms with van der Waals surface area (Å²) in [6, 6.07) is 25.0. The molecule has 0 amide bonds. The van der Waals surface area contributed by atoms with E-state index in [2.05, 4.69) is 82.7 Å². The van der Waals surface area contributed by atoms with Gasteiger partial charge in [-0.25, -0.2) is 13.7 Å². The summed E-state index contributed by atoms with van der Waals surface area (Å²) in [6.07, 6.45) is 14.3. The van der Waals surface area contributed by atoms with E-state index in [0.717, 1.165) is 110 Å². The largest absolute Gasteiger partial charge is 0.395 e. The number of nitrogens with zero attached hydrogens (tertiary/aromatic N) is 11. The molecule has 20 heteroatoms. The zero-order valence-corrected chi connectivity index (χ0v) is 41.1. The van der Waals surface area contributed by atoms with E-state index in [-0.39, 0.29) is 24.0 Å². The van der Waals surface area contributed by atoms with Gasteiger partial charge in [-0.05, 0) is 91.4 Å². The Balaban J connectivity index is 0.000000174. The SMILES string of the molecule is C[Si](C)(C)CCOCn1cc(Nc2nc3c(N4CCC(CO)(c5ccc(Cl)cc5)CC4)cccn3n2)cn1.OCC1(c2ccc(Cl)cc2)CCN(c2cccn3nc(Nc4cn[nH]c4)nc23)CC1. The number of fused-ring (bicyclic) bond motifs is 2. The van der Waals surface area contributed by atoms with Crippen molar-refractivity contribution in [3.63, 3.8) is 0 Å². The summed E-state index contributed by atoms with van der Waals surface area (Å²) in [4.78, 5) is 14.1. The first-order valence-electron chi connectivity index (χ1n) is 23.0. The molecule has 0 saturated carbocycles. The Morgan fingerprint density at radius 3 is 1.65 bits per heavy atom. The van der Waals surface area contributed by atoms with Crippen molar-refractivity contribution in [1.29, 1.82) is 0 Å². The van der Waals surface area contributed by atoms with Gasteiger partial charge in [0, 0.05) is 80.3 Å². The third-order valence-corrected chi connectivity index (χ3v) is 15.4. The number of nitrogens with one attached hydrogen (secondary N) is 3. The number of aromatic amines is 1. The van der Waals surface area contributed by atoms with Crippen LogP contribution in [0.2, 0.25) is 35.7 Å². The lowest BCUT2D eigenvalue weighted by molar-refractivity contribution is 0.0786. The van der Waals surface area contributed by atoms with Gasteiger partial charge in [0.1, 0.15) is 6.73 Å². The van der Waals surface area contributed by atoms with Gasteiger partial charge in [-0.2, -0.15) is 20.2 Å². The van der Waals surface area contributed by atoms with E-state index in [0.29, 0.717) is 28.7 Å². The standard InChI is InChI=1S/C27H36ClN7O2Si.C21H22ClN7O/c1-38(2,3)16-15-37-20-34-18-23(17-29-34)30-26-31-25-24(5-4-12-35(25)32-26)33-13-10-27(19-36,11-14-33)21-6-8-22(28)9-7-21;22-16-5-3-15(4-6-16)21(14-30)7-10-28(11-8-21)18-2-1-9-29-19(18)26-20(27-29)25-17-12-23-24-13-17/h4-9,12,17-18,36H,10-11,13-16,19-20H2,1-3H3,(H,30,32);1-6,9,12-13,30H,7-8,10-11,14H2,(H,23,24)(H,25,27). The van der Waals surface area contributed by atoms with Gasteiger partial charge in [-0.1, -0.05) is 67.1 Å². The van der Waals surface area contributed by atoms with Crippen molar-refractivity contribution in [2.24, 2.45) is 0 Å². The number of hydrogen-bond acceptors (Lipinski definition) is 13. The van der Waals surface area contributed by atoms with Crippen molar-refractivity contribution in [2.45, 2.75) is 68.9 Å². The number of rotatable bonds is 15. The fourth-order valence-corrected chi connectivity index (χ4v) is 10.0. The highest BCUT2D eigenvalue weighted by Crippen LogP contribution is 2.39. The van der Waals surface area contributed by atoms with E-state index < -0.39 is 8.07 Å². The molecule has 356 valence electrons. The van der Waals surface area contributed by atoms with Crippen molar-refractivity contribution < 1.29 is 14.9 Å². The zero-order valence-electron chi connectivity index (χ0n) is 38.6. The van der Waals surface area contributed by atoms with Gasteiger partial charge in [0.05, 0.1) is 54.6 Å². The second-order valence-corrected chi connectivity index (χ2v) is 25.4. The summed E-state index contributed by atoms with van der Waals surface area (Å²) in [5.74, 6) is 1.03. The monoisotopic (exact) mass is 976 g/mol. The minimum absolute atomic E-state index is 0.114. The molecule has 0 aliphatic carbocycles. The Kier molecular flexibility index (Phi) is 14.0. The second kappa shape index (κ2) is 20.3. The predicted octanol–water partition coefficient (Wildman–Crippen LogP) is 8.55. The molecule has 5 N–H and O–H groups in total. The number of anilines is 6. The van der Waals surface area contributed by atoms with Crippen LogP contribution in [0.4, 0.5) is 34.6 Å². The summed E-state index contributed by atoms with van der Waals surface area (Å²) in [6.45, 7) is 11.7. The van der Waals surface area contributed by atoms with Gasteiger partial charge in [-0.15, -0.1) is 10.2 Å². The molecule has 0 radical (unpaired) electrons. The molecule has 2 saturated heterocycles. The third-order valence-electron chi connectivity index (χ3n) is 13.2. The Bertz CT molecular complexity index is 2880. The van der Waals surface area contributed by atoms with Crippen molar-refractivity contribution in [3.8, 4) is 0 Å². The van der Waals surface area contributed by atoms with Gasteiger partial charge in [-0.3, -0.25) is 5.10 Å². The van der Waals surface area contributed by atoms with Gasteiger partial charge in [0.15, 0.2) is 11.3 Å². The molecular weight excluding hydrogens is 920 g/mol. The van der Waals surface area contributed by atoms with Gasteiger partial charge in [0.2, 0.25) is 11.9 Å². The molecule has 6 aromatic heterocycles. The molecule has 0 atom stereocenters.